The van der Waals surface area contributed by atoms with E-state index in [2.05, 4.69) is 15.9 Å². The lowest BCUT2D eigenvalue weighted by atomic mass is 9.71. The van der Waals surface area contributed by atoms with Crippen molar-refractivity contribution in [2.45, 2.75) is 19.3 Å². The molecule has 1 aromatic rings. The first-order chi connectivity index (χ1) is 7.26. The average molecular weight is 273 g/mol. The van der Waals surface area contributed by atoms with Crippen molar-refractivity contribution in [1.29, 1.82) is 0 Å². The van der Waals surface area contributed by atoms with Crippen LogP contribution in [0.4, 0.5) is 4.39 Å². The molecule has 0 amide bonds. The highest BCUT2D eigenvalue weighted by atomic mass is 79.9. The normalized spacial score (nSPS) is 18.3. The highest BCUT2D eigenvalue weighted by Crippen LogP contribution is 2.42. The number of hydrogen-bond donors (Lipinski definition) is 0. The van der Waals surface area contributed by atoms with E-state index in [1.165, 1.54) is 25.3 Å². The first-order valence-corrected chi connectivity index (χ1v) is 6.31. The van der Waals surface area contributed by atoms with Gasteiger partial charge in [-0.05, 0) is 25.0 Å². The average Bonchev–Trinajstić information content (AvgIpc) is 2.19. The van der Waals surface area contributed by atoms with Gasteiger partial charge < -0.3 is 4.74 Å². The van der Waals surface area contributed by atoms with Crippen LogP contribution in [0.1, 0.15) is 19.3 Å². The number of halogens is 2. The van der Waals surface area contributed by atoms with Crippen molar-refractivity contribution in [2.75, 3.05) is 11.9 Å². The predicted octanol–water partition coefficient (Wildman–Crippen LogP) is 3.77. The molecular weight excluding hydrogens is 259 g/mol. The molecule has 0 aromatic heterocycles. The van der Waals surface area contributed by atoms with Gasteiger partial charge in [-0.1, -0.05) is 34.5 Å². The van der Waals surface area contributed by atoms with Crippen LogP contribution < -0.4 is 4.74 Å². The summed E-state index contributed by atoms with van der Waals surface area (Å²) in [6.07, 6.45) is 3.60. The van der Waals surface area contributed by atoms with Gasteiger partial charge in [-0.2, -0.15) is 0 Å². The van der Waals surface area contributed by atoms with Gasteiger partial charge in [-0.15, -0.1) is 0 Å². The molecule has 1 aliphatic carbocycles. The van der Waals surface area contributed by atoms with Crippen molar-refractivity contribution in [3.63, 3.8) is 0 Å². The van der Waals surface area contributed by atoms with E-state index < -0.39 is 0 Å². The van der Waals surface area contributed by atoms with E-state index in [4.69, 9.17) is 4.74 Å². The summed E-state index contributed by atoms with van der Waals surface area (Å²) in [5.74, 6) is 0.0891. The Morgan fingerprint density at radius 3 is 2.60 bits per heavy atom. The Hall–Kier alpha value is -0.570. The van der Waals surface area contributed by atoms with Crippen LogP contribution >= 0.6 is 15.9 Å². The molecule has 1 fully saturated rings. The van der Waals surface area contributed by atoms with Crippen molar-refractivity contribution in [1.82, 2.24) is 0 Å². The first-order valence-electron chi connectivity index (χ1n) is 5.19. The Morgan fingerprint density at radius 2 is 2.07 bits per heavy atom. The summed E-state index contributed by atoms with van der Waals surface area (Å²) in [7, 11) is 0. The van der Waals surface area contributed by atoms with Gasteiger partial charge in [0.25, 0.3) is 0 Å². The predicted molar refractivity (Wildman–Crippen MR) is 62.0 cm³/mol. The minimum Gasteiger partial charge on any atom is -0.490 e. The Bertz CT molecular complexity index is 331. The maximum Gasteiger partial charge on any atom is 0.165 e. The highest BCUT2D eigenvalue weighted by molar-refractivity contribution is 9.09. The van der Waals surface area contributed by atoms with Crippen LogP contribution in [0.5, 0.6) is 5.75 Å². The number of benzene rings is 1. The summed E-state index contributed by atoms with van der Waals surface area (Å²) in [5.41, 5.74) is 0.238. The molecule has 0 saturated heterocycles. The lowest BCUT2D eigenvalue weighted by Gasteiger charge is -2.39. The molecule has 1 aliphatic rings. The summed E-state index contributed by atoms with van der Waals surface area (Å²) in [5, 5.41) is 0.939. The summed E-state index contributed by atoms with van der Waals surface area (Å²) < 4.78 is 18.8. The van der Waals surface area contributed by atoms with Crippen LogP contribution in [-0.4, -0.2) is 11.9 Å². The monoisotopic (exact) mass is 272 g/mol. The van der Waals surface area contributed by atoms with Gasteiger partial charge in [0.1, 0.15) is 0 Å². The molecule has 0 radical (unpaired) electrons. The molecule has 82 valence electrons. The Kier molecular flexibility index (Phi) is 3.29. The molecule has 2 rings (SSSR count). The number of rotatable bonds is 4. The van der Waals surface area contributed by atoms with Crippen molar-refractivity contribution in [3.8, 4) is 5.75 Å². The van der Waals surface area contributed by atoms with Gasteiger partial charge in [0, 0.05) is 10.7 Å². The minimum absolute atomic E-state index is 0.238. The molecule has 0 bridgehead atoms. The molecule has 1 nitrogen and oxygen atoms in total. The van der Waals surface area contributed by atoms with E-state index in [-0.39, 0.29) is 11.2 Å². The van der Waals surface area contributed by atoms with Crippen molar-refractivity contribution < 1.29 is 9.13 Å². The third kappa shape index (κ3) is 2.33. The fourth-order valence-corrected chi connectivity index (χ4v) is 2.51. The van der Waals surface area contributed by atoms with E-state index >= 15 is 0 Å². The second-order valence-corrected chi connectivity index (χ2v) is 4.77. The van der Waals surface area contributed by atoms with Crippen molar-refractivity contribution in [3.05, 3.63) is 30.1 Å². The molecular formula is C12H14BrFO. The largest absolute Gasteiger partial charge is 0.490 e. The second-order valence-electron chi connectivity index (χ2n) is 4.21. The smallest absolute Gasteiger partial charge is 0.165 e. The summed E-state index contributed by atoms with van der Waals surface area (Å²) in [6.45, 7) is 0.610. The number of hydrogen-bond acceptors (Lipinski definition) is 1. The summed E-state index contributed by atoms with van der Waals surface area (Å²) in [4.78, 5) is 0. The molecule has 0 unspecified atom stereocenters. The standard InChI is InChI=1S/C12H14BrFO/c13-8-12(6-3-7-12)9-15-11-5-2-1-4-10(11)14/h1-2,4-5H,3,6-9H2. The third-order valence-electron chi connectivity index (χ3n) is 3.07. The van der Waals surface area contributed by atoms with Crippen LogP contribution in [0.3, 0.4) is 0 Å². The lowest BCUT2D eigenvalue weighted by molar-refractivity contribution is 0.0814. The van der Waals surface area contributed by atoms with Gasteiger partial charge in [0.05, 0.1) is 6.61 Å². The molecule has 0 heterocycles. The molecule has 1 saturated carbocycles. The van der Waals surface area contributed by atoms with Gasteiger partial charge in [0.15, 0.2) is 11.6 Å². The Balaban J connectivity index is 1.95. The fraction of sp³-hybridized carbons (Fsp3) is 0.500. The van der Waals surface area contributed by atoms with Crippen LogP contribution in [0.15, 0.2) is 24.3 Å². The van der Waals surface area contributed by atoms with Gasteiger partial charge >= 0.3 is 0 Å². The van der Waals surface area contributed by atoms with Crippen molar-refractivity contribution in [2.24, 2.45) is 5.41 Å². The summed E-state index contributed by atoms with van der Waals surface area (Å²) >= 11 is 3.50. The van der Waals surface area contributed by atoms with E-state index in [1.54, 1.807) is 18.2 Å². The van der Waals surface area contributed by atoms with Crippen molar-refractivity contribution >= 4 is 15.9 Å². The maximum atomic E-state index is 13.3. The first kappa shape index (κ1) is 10.9. The number of para-hydroxylation sites is 1. The SMILES string of the molecule is Fc1ccccc1OCC1(CBr)CCC1. The zero-order valence-electron chi connectivity index (χ0n) is 8.51. The lowest BCUT2D eigenvalue weighted by Crippen LogP contribution is -2.37. The molecule has 0 aliphatic heterocycles. The Morgan fingerprint density at radius 1 is 1.33 bits per heavy atom. The van der Waals surface area contributed by atoms with Gasteiger partial charge in [0.2, 0.25) is 0 Å². The molecule has 0 atom stereocenters. The minimum atomic E-state index is -0.276. The van der Waals surface area contributed by atoms with Gasteiger partial charge in [-0.25, -0.2) is 4.39 Å². The van der Waals surface area contributed by atoms with Gasteiger partial charge in [-0.3, -0.25) is 0 Å². The fourth-order valence-electron chi connectivity index (χ4n) is 1.79. The van der Waals surface area contributed by atoms with Crippen LogP contribution in [0.25, 0.3) is 0 Å². The third-order valence-corrected chi connectivity index (χ3v) is 4.26. The molecule has 1 aromatic carbocycles. The molecule has 3 heteroatoms. The van der Waals surface area contributed by atoms with Crippen LogP contribution in [-0.2, 0) is 0 Å². The molecule has 0 spiro atoms. The van der Waals surface area contributed by atoms with E-state index in [1.807, 2.05) is 0 Å². The highest BCUT2D eigenvalue weighted by Gasteiger charge is 2.36. The quantitative estimate of drug-likeness (QED) is 0.759. The molecule has 0 N–H and O–H groups in total. The van der Waals surface area contributed by atoms with Crippen LogP contribution in [0, 0.1) is 11.2 Å². The number of alkyl halides is 1. The maximum absolute atomic E-state index is 13.3. The zero-order chi connectivity index (χ0) is 10.7. The summed E-state index contributed by atoms with van der Waals surface area (Å²) in [6, 6.07) is 6.57. The molecule has 15 heavy (non-hydrogen) atoms. The number of ether oxygens (including phenoxy) is 1. The van der Waals surface area contributed by atoms with E-state index in [0.717, 1.165) is 5.33 Å². The van der Waals surface area contributed by atoms with E-state index in [0.29, 0.717) is 12.4 Å². The topological polar surface area (TPSA) is 9.23 Å². The van der Waals surface area contributed by atoms with Crippen LogP contribution in [0.2, 0.25) is 0 Å². The zero-order valence-corrected chi connectivity index (χ0v) is 10.1. The van der Waals surface area contributed by atoms with E-state index in [9.17, 15) is 4.39 Å². The second kappa shape index (κ2) is 4.52. The Labute approximate surface area is 97.8 Å².